The van der Waals surface area contributed by atoms with Crippen LogP contribution in [0.25, 0.3) is 0 Å². The van der Waals surface area contributed by atoms with Gasteiger partial charge in [-0.3, -0.25) is 0 Å². The topological polar surface area (TPSA) is 3.24 Å². The number of rotatable bonds is 3. The van der Waals surface area contributed by atoms with E-state index in [0.29, 0.717) is 0 Å². The Balaban J connectivity index is 1.90. The van der Waals surface area contributed by atoms with E-state index >= 15 is 0 Å². The maximum absolute atomic E-state index is 6.37. The van der Waals surface area contributed by atoms with E-state index in [-0.39, 0.29) is 5.50 Å². The minimum absolute atomic E-state index is 0.0913. The first-order chi connectivity index (χ1) is 9.69. The molecule has 1 aliphatic rings. The Kier molecular flexibility index (Phi) is 3.71. The minimum Gasteiger partial charge on any atom is -0.357 e. The molecule has 0 N–H and O–H groups in total. The molecule has 20 heavy (non-hydrogen) atoms. The fraction of sp³-hybridized carbons (Fsp3) is 0.333. The second kappa shape index (κ2) is 5.49. The maximum Gasteiger partial charge on any atom is 0.108 e. The third kappa shape index (κ3) is 2.43. The molecule has 0 saturated carbocycles. The van der Waals surface area contributed by atoms with Crippen molar-refractivity contribution >= 4 is 17.3 Å². The molecule has 1 aliphatic heterocycles. The summed E-state index contributed by atoms with van der Waals surface area (Å²) in [6.45, 7) is 2.19. The summed E-state index contributed by atoms with van der Waals surface area (Å²) in [5.74, 6) is 0. The second-order valence-corrected chi connectivity index (χ2v) is 6.02. The number of para-hydroxylation sites is 1. The average molecular weight is 286 g/mol. The SMILES string of the molecule is CCc1ccc(Cc2cccc3c2N(C)C(Cl)C3)cc1. The van der Waals surface area contributed by atoms with E-state index in [1.807, 2.05) is 0 Å². The first kappa shape index (κ1) is 13.5. The number of anilines is 1. The fourth-order valence-corrected chi connectivity index (χ4v) is 3.24. The van der Waals surface area contributed by atoms with E-state index in [1.165, 1.54) is 27.9 Å². The monoisotopic (exact) mass is 285 g/mol. The lowest BCUT2D eigenvalue weighted by Crippen LogP contribution is -2.22. The van der Waals surface area contributed by atoms with Crippen LogP contribution in [0.1, 0.15) is 29.2 Å². The van der Waals surface area contributed by atoms with Crippen molar-refractivity contribution in [1.29, 1.82) is 0 Å². The number of hydrogen-bond acceptors (Lipinski definition) is 1. The van der Waals surface area contributed by atoms with Gasteiger partial charge in [0.2, 0.25) is 0 Å². The Bertz CT molecular complexity index is 603. The normalized spacial score (nSPS) is 17.4. The van der Waals surface area contributed by atoms with Crippen LogP contribution in [0.4, 0.5) is 5.69 Å². The lowest BCUT2D eigenvalue weighted by molar-refractivity contribution is 0.876. The Morgan fingerprint density at radius 3 is 2.50 bits per heavy atom. The highest BCUT2D eigenvalue weighted by molar-refractivity contribution is 6.22. The van der Waals surface area contributed by atoms with Gasteiger partial charge in [0.25, 0.3) is 0 Å². The molecule has 0 saturated heterocycles. The molecule has 1 atom stereocenters. The highest BCUT2D eigenvalue weighted by atomic mass is 35.5. The van der Waals surface area contributed by atoms with Gasteiger partial charge in [0.15, 0.2) is 0 Å². The van der Waals surface area contributed by atoms with E-state index in [1.54, 1.807) is 0 Å². The standard InChI is InChI=1S/C18H20ClN/c1-3-13-7-9-14(10-8-13)11-15-5-4-6-16-12-17(19)20(2)18(15)16/h4-10,17H,3,11-12H2,1-2H3. The van der Waals surface area contributed by atoms with Gasteiger partial charge < -0.3 is 4.90 Å². The number of aryl methyl sites for hydroxylation is 1. The number of alkyl halides is 1. The van der Waals surface area contributed by atoms with Gasteiger partial charge in [-0.05, 0) is 35.1 Å². The number of likely N-dealkylation sites (N-methyl/N-ethyl adjacent to an activating group) is 1. The second-order valence-electron chi connectivity index (χ2n) is 5.52. The van der Waals surface area contributed by atoms with E-state index in [2.05, 4.69) is 61.3 Å². The Hall–Kier alpha value is -1.47. The van der Waals surface area contributed by atoms with Crippen molar-refractivity contribution in [1.82, 2.24) is 0 Å². The first-order valence-electron chi connectivity index (χ1n) is 7.24. The molecule has 0 radical (unpaired) electrons. The average Bonchev–Trinajstić information content (AvgIpc) is 2.76. The van der Waals surface area contributed by atoms with Crippen molar-refractivity contribution in [2.75, 3.05) is 11.9 Å². The van der Waals surface area contributed by atoms with Crippen LogP contribution < -0.4 is 4.90 Å². The van der Waals surface area contributed by atoms with E-state index < -0.39 is 0 Å². The van der Waals surface area contributed by atoms with Gasteiger partial charge in [-0.1, -0.05) is 61.0 Å². The van der Waals surface area contributed by atoms with Crippen LogP contribution >= 0.6 is 11.6 Å². The van der Waals surface area contributed by atoms with Crippen molar-refractivity contribution in [3.05, 3.63) is 64.7 Å². The van der Waals surface area contributed by atoms with Gasteiger partial charge in [0.05, 0.1) is 0 Å². The van der Waals surface area contributed by atoms with Crippen LogP contribution in [0.5, 0.6) is 0 Å². The van der Waals surface area contributed by atoms with Crippen LogP contribution in [0, 0.1) is 0 Å². The summed E-state index contributed by atoms with van der Waals surface area (Å²) in [5.41, 5.74) is 6.92. The summed E-state index contributed by atoms with van der Waals surface area (Å²) in [4.78, 5) is 2.20. The van der Waals surface area contributed by atoms with Crippen molar-refractivity contribution in [3.8, 4) is 0 Å². The quantitative estimate of drug-likeness (QED) is 0.597. The van der Waals surface area contributed by atoms with E-state index in [9.17, 15) is 0 Å². The van der Waals surface area contributed by atoms with E-state index in [4.69, 9.17) is 11.6 Å². The molecule has 104 valence electrons. The summed E-state index contributed by atoms with van der Waals surface area (Å²) >= 11 is 6.37. The Labute approximate surface area is 126 Å². The molecule has 0 bridgehead atoms. The summed E-state index contributed by atoms with van der Waals surface area (Å²) in [6.07, 6.45) is 3.01. The fourth-order valence-electron chi connectivity index (χ4n) is 2.98. The molecule has 0 aromatic heterocycles. The van der Waals surface area contributed by atoms with Crippen molar-refractivity contribution in [2.24, 2.45) is 0 Å². The number of hydrogen-bond donors (Lipinski definition) is 0. The van der Waals surface area contributed by atoms with Crippen LogP contribution in [0.2, 0.25) is 0 Å². The molecule has 0 spiro atoms. The van der Waals surface area contributed by atoms with Gasteiger partial charge >= 0.3 is 0 Å². The van der Waals surface area contributed by atoms with Gasteiger partial charge in [-0.2, -0.15) is 0 Å². The summed E-state index contributed by atoms with van der Waals surface area (Å²) in [6, 6.07) is 15.5. The molecule has 0 fully saturated rings. The molecule has 1 nitrogen and oxygen atoms in total. The first-order valence-corrected chi connectivity index (χ1v) is 7.68. The zero-order valence-corrected chi connectivity index (χ0v) is 12.8. The highest BCUT2D eigenvalue weighted by Crippen LogP contribution is 2.36. The third-order valence-corrected chi connectivity index (χ3v) is 4.64. The number of benzene rings is 2. The van der Waals surface area contributed by atoms with Crippen LogP contribution in [0.3, 0.4) is 0 Å². The molecule has 2 heteroatoms. The number of halogens is 1. The van der Waals surface area contributed by atoms with Crippen molar-refractivity contribution in [2.45, 2.75) is 31.7 Å². The van der Waals surface area contributed by atoms with Gasteiger partial charge in [0.1, 0.15) is 5.50 Å². The Morgan fingerprint density at radius 1 is 1.10 bits per heavy atom. The maximum atomic E-state index is 6.37. The lowest BCUT2D eigenvalue weighted by atomic mass is 9.99. The molecule has 3 rings (SSSR count). The predicted molar refractivity (Wildman–Crippen MR) is 86.8 cm³/mol. The predicted octanol–water partition coefficient (Wildman–Crippen LogP) is 4.40. The third-order valence-electron chi connectivity index (χ3n) is 4.19. The largest absolute Gasteiger partial charge is 0.357 e. The summed E-state index contributed by atoms with van der Waals surface area (Å²) in [7, 11) is 2.09. The molecule has 1 heterocycles. The smallest absolute Gasteiger partial charge is 0.108 e. The molecule has 2 aromatic rings. The number of nitrogens with zero attached hydrogens (tertiary/aromatic N) is 1. The zero-order valence-electron chi connectivity index (χ0n) is 12.1. The van der Waals surface area contributed by atoms with Crippen LogP contribution in [-0.4, -0.2) is 12.5 Å². The molecule has 0 amide bonds. The molecular weight excluding hydrogens is 266 g/mol. The lowest BCUT2D eigenvalue weighted by Gasteiger charge is -2.20. The molecule has 1 unspecified atom stereocenters. The van der Waals surface area contributed by atoms with Crippen LogP contribution in [-0.2, 0) is 19.3 Å². The van der Waals surface area contributed by atoms with Gasteiger partial charge in [-0.25, -0.2) is 0 Å². The summed E-state index contributed by atoms with van der Waals surface area (Å²) < 4.78 is 0. The van der Waals surface area contributed by atoms with Crippen molar-refractivity contribution in [3.63, 3.8) is 0 Å². The van der Waals surface area contributed by atoms with Crippen LogP contribution in [0.15, 0.2) is 42.5 Å². The molecular formula is C18H20ClN. The zero-order chi connectivity index (χ0) is 14.1. The van der Waals surface area contributed by atoms with E-state index in [0.717, 1.165) is 19.3 Å². The van der Waals surface area contributed by atoms with Gasteiger partial charge in [0, 0.05) is 19.2 Å². The summed E-state index contributed by atoms with van der Waals surface area (Å²) in [5, 5.41) is 0. The molecule has 2 aromatic carbocycles. The Morgan fingerprint density at radius 2 is 1.80 bits per heavy atom. The van der Waals surface area contributed by atoms with Gasteiger partial charge in [-0.15, -0.1) is 0 Å². The number of fused-ring (bicyclic) bond motifs is 1. The van der Waals surface area contributed by atoms with Crippen molar-refractivity contribution < 1.29 is 0 Å². The highest BCUT2D eigenvalue weighted by Gasteiger charge is 2.26. The minimum atomic E-state index is 0.0913. The molecule has 0 aliphatic carbocycles.